The van der Waals surface area contributed by atoms with Crippen LogP contribution in [0.1, 0.15) is 47.5 Å². The van der Waals surface area contributed by atoms with Crippen molar-refractivity contribution < 1.29 is 0 Å². The van der Waals surface area contributed by atoms with Crippen molar-refractivity contribution in [1.82, 2.24) is 5.32 Å². The van der Waals surface area contributed by atoms with Crippen LogP contribution in [0.3, 0.4) is 0 Å². The lowest BCUT2D eigenvalue weighted by Crippen LogP contribution is -2.22. The van der Waals surface area contributed by atoms with E-state index in [-0.39, 0.29) is 0 Å². The molecule has 0 spiro atoms. The van der Waals surface area contributed by atoms with E-state index in [1.165, 1.54) is 11.8 Å². The fourth-order valence-electron chi connectivity index (χ4n) is 1.18. The summed E-state index contributed by atoms with van der Waals surface area (Å²) in [6.45, 7) is 11.1. The van der Waals surface area contributed by atoms with Gasteiger partial charge in [-0.25, -0.2) is 0 Å². The highest BCUT2D eigenvalue weighted by Crippen LogP contribution is 2.04. The molecule has 0 heterocycles. The number of nitrogens with one attached hydrogen (secondary N) is 2. The fraction of sp³-hybridized carbons (Fsp3) is 0.571. The normalized spacial score (nSPS) is 12.3. The molecule has 0 aliphatic heterocycles. The molecule has 0 aromatic rings. The van der Waals surface area contributed by atoms with E-state index in [0.29, 0.717) is 0 Å². The zero-order valence-electron chi connectivity index (χ0n) is 11.7. The van der Waals surface area contributed by atoms with Gasteiger partial charge in [0, 0.05) is 24.5 Å². The summed E-state index contributed by atoms with van der Waals surface area (Å²) in [5.41, 5.74) is 3.25. The summed E-state index contributed by atoms with van der Waals surface area (Å²) in [7, 11) is 0. The summed E-state index contributed by atoms with van der Waals surface area (Å²) in [6.07, 6.45) is 5.37. The number of hydrogen-bond acceptors (Lipinski definition) is 2. The fourth-order valence-corrected chi connectivity index (χ4v) is 1.18. The summed E-state index contributed by atoms with van der Waals surface area (Å²) in [6, 6.07) is 0. The Labute approximate surface area is 105 Å². The van der Waals surface area contributed by atoms with Crippen molar-refractivity contribution in [3.8, 4) is 0 Å². The van der Waals surface area contributed by atoms with Gasteiger partial charge >= 0.3 is 0 Å². The molecular formula is C14H25N3. The molecule has 0 aromatic heterocycles. The van der Waals surface area contributed by atoms with Gasteiger partial charge in [0.15, 0.2) is 0 Å². The highest BCUT2D eigenvalue weighted by atomic mass is 15.0. The van der Waals surface area contributed by atoms with Crippen LogP contribution >= 0.6 is 0 Å². The predicted octanol–water partition coefficient (Wildman–Crippen LogP) is 3.68. The van der Waals surface area contributed by atoms with Crippen LogP contribution in [-0.4, -0.2) is 18.6 Å². The Morgan fingerprint density at radius 3 is 2.29 bits per heavy atom. The lowest BCUT2D eigenvalue weighted by Gasteiger charge is -2.10. The summed E-state index contributed by atoms with van der Waals surface area (Å²) in [5.74, 6) is 0.801. The number of amidine groups is 1. The van der Waals surface area contributed by atoms with Gasteiger partial charge in [-0.1, -0.05) is 25.0 Å². The molecule has 0 rings (SSSR count). The molecule has 0 amide bonds. The molecule has 0 unspecified atom stereocenters. The third-order valence-electron chi connectivity index (χ3n) is 2.44. The van der Waals surface area contributed by atoms with E-state index < -0.39 is 0 Å². The quantitative estimate of drug-likeness (QED) is 0.535. The van der Waals surface area contributed by atoms with Crippen molar-refractivity contribution in [2.75, 3.05) is 6.54 Å². The molecule has 3 heteroatoms. The highest BCUT2D eigenvalue weighted by Gasteiger charge is 2.04. The molecule has 0 atom stereocenters. The zero-order valence-corrected chi connectivity index (χ0v) is 11.7. The van der Waals surface area contributed by atoms with Crippen molar-refractivity contribution in [2.24, 2.45) is 4.99 Å². The monoisotopic (exact) mass is 235 g/mol. The molecule has 0 aliphatic rings. The molecule has 0 bridgehead atoms. The Balaban J connectivity index is 5.02. The van der Waals surface area contributed by atoms with Gasteiger partial charge in [0.05, 0.1) is 0 Å². The van der Waals surface area contributed by atoms with Gasteiger partial charge in [-0.3, -0.25) is 4.99 Å². The van der Waals surface area contributed by atoms with Crippen molar-refractivity contribution in [2.45, 2.75) is 47.5 Å². The molecule has 17 heavy (non-hydrogen) atoms. The van der Waals surface area contributed by atoms with Crippen LogP contribution in [0.4, 0.5) is 0 Å². The van der Waals surface area contributed by atoms with Crippen LogP contribution < -0.4 is 5.32 Å². The first-order chi connectivity index (χ1) is 8.06. The van der Waals surface area contributed by atoms with Crippen LogP contribution in [0, 0.1) is 5.41 Å². The standard InChI is InChI=1S/C14H25N3/c1-6-8-16-14(13(9-15)11(3)4)17-10-12(5)7-2/h9-10,15H,6-8H2,1-5H3,(H,16,17). The minimum atomic E-state index is 0.784. The van der Waals surface area contributed by atoms with Crippen LogP contribution in [0.2, 0.25) is 0 Å². The van der Waals surface area contributed by atoms with Gasteiger partial charge in [-0.2, -0.15) is 0 Å². The average Bonchev–Trinajstić information content (AvgIpc) is 2.31. The van der Waals surface area contributed by atoms with Crippen LogP contribution in [0.15, 0.2) is 27.9 Å². The minimum Gasteiger partial charge on any atom is -0.346 e. The molecule has 2 N–H and O–H groups in total. The maximum Gasteiger partial charge on any atom is 0.133 e. The lowest BCUT2D eigenvalue weighted by molar-refractivity contribution is 0.922. The number of nitrogens with zero attached hydrogens (tertiary/aromatic N) is 1. The minimum absolute atomic E-state index is 0.784. The smallest absolute Gasteiger partial charge is 0.133 e. The highest BCUT2D eigenvalue weighted by molar-refractivity contribution is 6.15. The Kier molecular flexibility index (Phi) is 8.03. The largest absolute Gasteiger partial charge is 0.346 e. The maximum atomic E-state index is 7.46. The van der Waals surface area contributed by atoms with Gasteiger partial charge in [-0.05, 0) is 33.6 Å². The number of aliphatic imine (C=N–C) groups is 1. The third-order valence-corrected chi connectivity index (χ3v) is 2.44. The van der Waals surface area contributed by atoms with E-state index in [4.69, 9.17) is 5.41 Å². The molecule has 0 fully saturated rings. The van der Waals surface area contributed by atoms with Gasteiger partial charge in [-0.15, -0.1) is 0 Å². The third kappa shape index (κ3) is 6.05. The first-order valence-corrected chi connectivity index (χ1v) is 6.21. The van der Waals surface area contributed by atoms with Gasteiger partial charge in [0.2, 0.25) is 0 Å². The van der Waals surface area contributed by atoms with E-state index in [2.05, 4.69) is 31.1 Å². The Hall–Kier alpha value is -1.38. The van der Waals surface area contributed by atoms with Crippen LogP contribution in [-0.2, 0) is 0 Å². The molecule has 0 aromatic carbocycles. The number of rotatable bonds is 6. The second-order valence-corrected chi connectivity index (χ2v) is 4.28. The summed E-state index contributed by atoms with van der Waals surface area (Å²) < 4.78 is 0. The molecule has 0 radical (unpaired) electrons. The first kappa shape index (κ1) is 15.6. The van der Waals surface area contributed by atoms with Crippen LogP contribution in [0.5, 0.6) is 0 Å². The zero-order chi connectivity index (χ0) is 13.3. The van der Waals surface area contributed by atoms with E-state index >= 15 is 0 Å². The molecule has 3 nitrogen and oxygen atoms in total. The average molecular weight is 235 g/mol. The second kappa shape index (κ2) is 8.74. The summed E-state index contributed by atoms with van der Waals surface area (Å²) in [5, 5.41) is 10.7. The van der Waals surface area contributed by atoms with Crippen molar-refractivity contribution in [1.29, 1.82) is 5.41 Å². The molecule has 96 valence electrons. The van der Waals surface area contributed by atoms with E-state index in [0.717, 1.165) is 36.4 Å². The first-order valence-electron chi connectivity index (χ1n) is 6.21. The van der Waals surface area contributed by atoms with Gasteiger partial charge < -0.3 is 10.7 Å². The Morgan fingerprint density at radius 1 is 1.24 bits per heavy atom. The molecule has 0 aliphatic carbocycles. The predicted molar refractivity (Wildman–Crippen MR) is 76.9 cm³/mol. The van der Waals surface area contributed by atoms with Crippen LogP contribution in [0.25, 0.3) is 0 Å². The van der Waals surface area contributed by atoms with Crippen molar-refractivity contribution in [3.63, 3.8) is 0 Å². The molecular weight excluding hydrogens is 210 g/mol. The lowest BCUT2D eigenvalue weighted by atomic mass is 10.1. The van der Waals surface area contributed by atoms with E-state index in [1.807, 2.05) is 20.0 Å². The van der Waals surface area contributed by atoms with Gasteiger partial charge in [0.25, 0.3) is 0 Å². The summed E-state index contributed by atoms with van der Waals surface area (Å²) >= 11 is 0. The van der Waals surface area contributed by atoms with Gasteiger partial charge in [0.1, 0.15) is 5.84 Å². The van der Waals surface area contributed by atoms with Crippen molar-refractivity contribution in [3.05, 3.63) is 22.9 Å². The number of allylic oxidation sites excluding steroid dienone is 2. The second-order valence-electron chi connectivity index (χ2n) is 4.28. The Bertz CT molecular complexity index is 331. The van der Waals surface area contributed by atoms with E-state index in [1.54, 1.807) is 0 Å². The van der Waals surface area contributed by atoms with Crippen molar-refractivity contribution >= 4 is 12.1 Å². The molecule has 0 saturated carbocycles. The SMILES string of the molecule is CCCN=C(NC=C(C)CC)C(C=N)=C(C)C. The Morgan fingerprint density at radius 2 is 1.88 bits per heavy atom. The maximum absolute atomic E-state index is 7.46. The summed E-state index contributed by atoms with van der Waals surface area (Å²) in [4.78, 5) is 4.49. The number of hydrogen-bond donors (Lipinski definition) is 2. The molecule has 0 saturated heterocycles. The topological polar surface area (TPSA) is 48.2 Å². The van der Waals surface area contributed by atoms with E-state index in [9.17, 15) is 0 Å².